The predicted octanol–water partition coefficient (Wildman–Crippen LogP) is 2.46. The Hall–Kier alpha value is -1.01. The second kappa shape index (κ2) is 7.13. The molecule has 1 aliphatic rings. The van der Waals surface area contributed by atoms with Crippen molar-refractivity contribution in [1.82, 2.24) is 10.1 Å². The highest BCUT2D eigenvalue weighted by Crippen LogP contribution is 2.28. The van der Waals surface area contributed by atoms with Crippen LogP contribution < -0.4 is 0 Å². The Morgan fingerprint density at radius 1 is 1.55 bits per heavy atom. The maximum absolute atomic E-state index is 10.6. The number of aryl methyl sites for hydroxylation is 2. The van der Waals surface area contributed by atoms with Crippen LogP contribution in [0.25, 0.3) is 0 Å². The highest BCUT2D eigenvalue weighted by atomic mass is 32.2. The van der Waals surface area contributed by atoms with E-state index in [-0.39, 0.29) is 6.42 Å². The predicted molar refractivity (Wildman–Crippen MR) is 79.0 cm³/mol. The van der Waals surface area contributed by atoms with Gasteiger partial charge in [0.25, 0.3) is 0 Å². The van der Waals surface area contributed by atoms with Crippen molar-refractivity contribution in [2.45, 2.75) is 44.1 Å². The Balaban J connectivity index is 1.79. The summed E-state index contributed by atoms with van der Waals surface area (Å²) < 4.78 is 5.18. The third-order valence-corrected chi connectivity index (χ3v) is 5.06. The number of nitrogens with zero attached hydrogens (tertiary/aromatic N) is 2. The van der Waals surface area contributed by atoms with Crippen LogP contribution in [0.3, 0.4) is 0 Å². The fraction of sp³-hybridized carbons (Fsp3) is 0.714. The van der Waals surface area contributed by atoms with E-state index in [4.69, 9.17) is 9.63 Å². The first kappa shape index (κ1) is 15.4. The van der Waals surface area contributed by atoms with Crippen LogP contribution in [-0.2, 0) is 10.5 Å². The topological polar surface area (TPSA) is 66.6 Å². The summed E-state index contributed by atoms with van der Waals surface area (Å²) in [5.74, 6) is 1.13. The van der Waals surface area contributed by atoms with Crippen molar-refractivity contribution in [3.63, 3.8) is 0 Å². The van der Waals surface area contributed by atoms with Crippen molar-refractivity contribution in [1.29, 1.82) is 0 Å². The molecule has 1 N–H and O–H groups in total. The maximum atomic E-state index is 10.6. The number of rotatable bonds is 6. The van der Waals surface area contributed by atoms with Crippen molar-refractivity contribution in [2.75, 3.05) is 19.6 Å². The summed E-state index contributed by atoms with van der Waals surface area (Å²) in [4.78, 5) is 12.9. The zero-order valence-corrected chi connectivity index (χ0v) is 12.9. The molecule has 2 heterocycles. The van der Waals surface area contributed by atoms with Gasteiger partial charge in [-0.1, -0.05) is 5.16 Å². The van der Waals surface area contributed by atoms with Crippen LogP contribution in [0.2, 0.25) is 0 Å². The van der Waals surface area contributed by atoms with Crippen molar-refractivity contribution >= 4 is 17.7 Å². The van der Waals surface area contributed by atoms with E-state index >= 15 is 0 Å². The number of aliphatic carboxylic acids is 1. The van der Waals surface area contributed by atoms with Gasteiger partial charge < -0.3 is 14.5 Å². The summed E-state index contributed by atoms with van der Waals surface area (Å²) in [6, 6.07) is 0. The molecule has 1 aromatic heterocycles. The Labute approximate surface area is 123 Å². The minimum absolute atomic E-state index is 0.237. The van der Waals surface area contributed by atoms with E-state index < -0.39 is 5.97 Å². The molecule has 0 amide bonds. The number of hydrogen-bond donors (Lipinski definition) is 1. The zero-order chi connectivity index (χ0) is 14.5. The van der Waals surface area contributed by atoms with Crippen LogP contribution in [0, 0.1) is 13.8 Å². The van der Waals surface area contributed by atoms with Gasteiger partial charge in [0, 0.05) is 29.7 Å². The molecule has 1 aliphatic heterocycles. The lowest BCUT2D eigenvalue weighted by Gasteiger charge is -2.32. The van der Waals surface area contributed by atoms with E-state index in [1.54, 1.807) is 0 Å². The SMILES string of the molecule is Cc1noc(C)c1CSC1CCCN(CCC(=O)O)C1. The fourth-order valence-electron chi connectivity index (χ4n) is 2.52. The van der Waals surface area contributed by atoms with E-state index in [9.17, 15) is 4.79 Å². The summed E-state index contributed by atoms with van der Waals surface area (Å²) in [6.45, 7) is 6.61. The minimum atomic E-state index is -0.713. The van der Waals surface area contributed by atoms with Crippen LogP contribution >= 0.6 is 11.8 Å². The molecule has 2 rings (SSSR count). The van der Waals surface area contributed by atoms with Gasteiger partial charge in [0.2, 0.25) is 0 Å². The van der Waals surface area contributed by atoms with Crippen LogP contribution in [0.5, 0.6) is 0 Å². The lowest BCUT2D eigenvalue weighted by atomic mass is 10.1. The number of hydrogen-bond acceptors (Lipinski definition) is 5. The molecule has 0 bridgehead atoms. The molecule has 0 aromatic carbocycles. The molecule has 1 aromatic rings. The molecule has 1 fully saturated rings. The lowest BCUT2D eigenvalue weighted by molar-refractivity contribution is -0.137. The van der Waals surface area contributed by atoms with Gasteiger partial charge in [0.05, 0.1) is 12.1 Å². The van der Waals surface area contributed by atoms with E-state index in [1.165, 1.54) is 12.0 Å². The molecule has 5 nitrogen and oxygen atoms in total. The summed E-state index contributed by atoms with van der Waals surface area (Å²) in [7, 11) is 0. The van der Waals surface area contributed by atoms with Crippen molar-refractivity contribution < 1.29 is 14.4 Å². The highest BCUT2D eigenvalue weighted by molar-refractivity contribution is 7.99. The van der Waals surface area contributed by atoms with Crippen LogP contribution in [0.4, 0.5) is 0 Å². The van der Waals surface area contributed by atoms with E-state index in [0.717, 1.165) is 36.7 Å². The summed E-state index contributed by atoms with van der Waals surface area (Å²) in [6.07, 6.45) is 2.59. The first-order valence-corrected chi connectivity index (χ1v) is 8.08. The summed E-state index contributed by atoms with van der Waals surface area (Å²) >= 11 is 1.93. The van der Waals surface area contributed by atoms with Crippen molar-refractivity contribution in [3.8, 4) is 0 Å². The number of carboxylic acids is 1. The van der Waals surface area contributed by atoms with E-state index in [0.29, 0.717) is 11.8 Å². The van der Waals surface area contributed by atoms with Gasteiger partial charge in [-0.05, 0) is 33.2 Å². The van der Waals surface area contributed by atoms with E-state index in [2.05, 4.69) is 10.1 Å². The minimum Gasteiger partial charge on any atom is -0.481 e. The fourth-order valence-corrected chi connectivity index (χ4v) is 3.98. The second-order valence-electron chi connectivity index (χ2n) is 5.32. The smallest absolute Gasteiger partial charge is 0.304 e. The van der Waals surface area contributed by atoms with Gasteiger partial charge in [-0.15, -0.1) is 0 Å². The molecule has 0 aliphatic carbocycles. The number of carbonyl (C=O) groups is 1. The Morgan fingerprint density at radius 2 is 2.35 bits per heavy atom. The molecule has 0 spiro atoms. The number of piperidine rings is 1. The van der Waals surface area contributed by atoms with Gasteiger partial charge >= 0.3 is 5.97 Å². The second-order valence-corrected chi connectivity index (χ2v) is 6.61. The Morgan fingerprint density at radius 3 is 3.00 bits per heavy atom. The third-order valence-electron chi connectivity index (χ3n) is 3.75. The van der Waals surface area contributed by atoms with Crippen molar-refractivity contribution in [2.24, 2.45) is 0 Å². The number of carboxylic acid groups (broad SMARTS) is 1. The molecule has 6 heteroatoms. The molecular formula is C14H22N2O3S. The monoisotopic (exact) mass is 298 g/mol. The molecule has 1 atom stereocenters. The summed E-state index contributed by atoms with van der Waals surface area (Å²) in [5, 5.41) is 13.3. The molecular weight excluding hydrogens is 276 g/mol. The molecule has 112 valence electrons. The molecule has 1 saturated heterocycles. The largest absolute Gasteiger partial charge is 0.481 e. The van der Waals surface area contributed by atoms with Crippen molar-refractivity contribution in [3.05, 3.63) is 17.0 Å². The van der Waals surface area contributed by atoms with E-state index in [1.807, 2.05) is 25.6 Å². The Kier molecular flexibility index (Phi) is 5.48. The standard InChI is InChI=1S/C14H22N2O3S/c1-10-13(11(2)19-15-10)9-20-12-4-3-6-16(8-12)7-5-14(17)18/h12H,3-9H2,1-2H3,(H,17,18). The van der Waals surface area contributed by atoms with Gasteiger partial charge in [-0.25, -0.2) is 0 Å². The molecule has 0 saturated carbocycles. The Bertz CT molecular complexity index is 442. The quantitative estimate of drug-likeness (QED) is 0.870. The highest BCUT2D eigenvalue weighted by Gasteiger charge is 2.21. The van der Waals surface area contributed by atoms with Gasteiger partial charge in [-0.2, -0.15) is 11.8 Å². The van der Waals surface area contributed by atoms with Gasteiger partial charge in [-0.3, -0.25) is 4.79 Å². The van der Waals surface area contributed by atoms with Crippen LogP contribution in [0.1, 0.15) is 36.3 Å². The lowest BCUT2D eigenvalue weighted by Crippen LogP contribution is -2.38. The number of aromatic nitrogens is 1. The number of thioether (sulfide) groups is 1. The normalized spacial score (nSPS) is 20.2. The van der Waals surface area contributed by atoms with Gasteiger partial charge in [0.15, 0.2) is 0 Å². The van der Waals surface area contributed by atoms with Gasteiger partial charge in [0.1, 0.15) is 5.76 Å². The summed E-state index contributed by atoms with van der Waals surface area (Å²) in [5.41, 5.74) is 2.19. The molecule has 20 heavy (non-hydrogen) atoms. The van der Waals surface area contributed by atoms with Crippen LogP contribution in [-0.4, -0.2) is 46.0 Å². The third kappa shape index (κ3) is 4.24. The first-order valence-electron chi connectivity index (χ1n) is 7.03. The first-order chi connectivity index (χ1) is 9.56. The average molecular weight is 298 g/mol. The maximum Gasteiger partial charge on any atom is 0.304 e. The zero-order valence-electron chi connectivity index (χ0n) is 12.1. The number of likely N-dealkylation sites (tertiary alicyclic amines) is 1. The molecule has 1 unspecified atom stereocenters. The van der Waals surface area contributed by atoms with Crippen LogP contribution in [0.15, 0.2) is 4.52 Å². The molecule has 0 radical (unpaired) electrons. The average Bonchev–Trinajstić information content (AvgIpc) is 2.74.